The Kier molecular flexibility index (Phi) is 4.97. The number of thiocarbonyl (C=S) groups is 1. The summed E-state index contributed by atoms with van der Waals surface area (Å²) in [6, 6.07) is 14.0. The average Bonchev–Trinajstić information content (AvgIpc) is 2.81. The summed E-state index contributed by atoms with van der Waals surface area (Å²) in [5.74, 6) is -0.505. The van der Waals surface area contributed by atoms with Crippen LogP contribution in [0.4, 0.5) is 10.1 Å². The van der Waals surface area contributed by atoms with Crippen LogP contribution in [0.5, 0.6) is 0 Å². The molecule has 1 amide bonds. The summed E-state index contributed by atoms with van der Waals surface area (Å²) in [4.78, 5) is 14.5. The second-order valence-corrected chi connectivity index (χ2v) is 7.04. The maximum Gasteiger partial charge on any atom is 0.267 e. The second kappa shape index (κ2) is 7.15. The van der Waals surface area contributed by atoms with Crippen LogP contribution in [-0.2, 0) is 4.79 Å². The Morgan fingerprint density at radius 2 is 2.00 bits per heavy atom. The summed E-state index contributed by atoms with van der Waals surface area (Å²) < 4.78 is 13.7. The number of carbonyl (C=O) groups is 1. The lowest BCUT2D eigenvalue weighted by Gasteiger charge is -2.16. The van der Waals surface area contributed by atoms with Gasteiger partial charge in [-0.25, -0.2) is 4.39 Å². The van der Waals surface area contributed by atoms with Gasteiger partial charge >= 0.3 is 0 Å². The van der Waals surface area contributed by atoms with E-state index in [9.17, 15) is 9.18 Å². The van der Waals surface area contributed by atoms with Gasteiger partial charge in [-0.1, -0.05) is 53.8 Å². The summed E-state index contributed by atoms with van der Waals surface area (Å²) in [5, 5.41) is 3.19. The van der Waals surface area contributed by atoms with E-state index >= 15 is 0 Å². The maximum absolute atomic E-state index is 13.3. The number of benzene rings is 2. The van der Waals surface area contributed by atoms with Gasteiger partial charge < -0.3 is 5.32 Å². The van der Waals surface area contributed by atoms with E-state index in [4.69, 9.17) is 12.2 Å². The Bertz CT molecular complexity index is 818. The van der Waals surface area contributed by atoms with Gasteiger partial charge in [0.2, 0.25) is 0 Å². The van der Waals surface area contributed by atoms with E-state index in [1.54, 1.807) is 18.2 Å². The molecule has 1 aliphatic heterocycles. The Hall–Kier alpha value is -2.18. The van der Waals surface area contributed by atoms with Crippen molar-refractivity contribution in [3.05, 3.63) is 70.4 Å². The first kappa shape index (κ1) is 16.7. The third-order valence-corrected chi connectivity index (χ3v) is 4.89. The van der Waals surface area contributed by atoms with E-state index in [-0.39, 0.29) is 11.7 Å². The molecule has 1 N–H and O–H groups in total. The molecule has 0 aromatic heterocycles. The number of rotatable bonds is 4. The van der Waals surface area contributed by atoms with Crippen LogP contribution in [0.1, 0.15) is 11.1 Å². The molecule has 0 aliphatic carbocycles. The number of carbonyl (C=O) groups excluding carboxylic acids is 1. The van der Waals surface area contributed by atoms with E-state index in [0.29, 0.717) is 21.5 Å². The molecule has 0 atom stereocenters. The zero-order valence-electron chi connectivity index (χ0n) is 13.0. The number of aryl methyl sites for hydroxylation is 1. The van der Waals surface area contributed by atoms with Gasteiger partial charge in [0.1, 0.15) is 10.1 Å². The number of nitrogens with zero attached hydrogens (tertiary/aromatic N) is 1. The fourth-order valence-electron chi connectivity index (χ4n) is 2.23. The number of thioether (sulfide) groups is 1. The van der Waals surface area contributed by atoms with Crippen molar-refractivity contribution >= 4 is 46.0 Å². The van der Waals surface area contributed by atoms with E-state index < -0.39 is 0 Å². The van der Waals surface area contributed by atoms with Crippen molar-refractivity contribution in [3.63, 3.8) is 0 Å². The van der Waals surface area contributed by atoms with Crippen molar-refractivity contribution in [2.24, 2.45) is 0 Å². The SMILES string of the molecule is Cc1ccc(NCN2C(=O)/C(=C\c3cccc(F)c3)SC2=S)cc1. The van der Waals surface area contributed by atoms with Crippen LogP contribution in [0, 0.1) is 12.7 Å². The number of hydrogen-bond acceptors (Lipinski definition) is 4. The highest BCUT2D eigenvalue weighted by atomic mass is 32.2. The minimum atomic E-state index is -0.333. The molecular weight excluding hydrogens is 343 g/mol. The average molecular weight is 358 g/mol. The summed E-state index contributed by atoms with van der Waals surface area (Å²) in [6.45, 7) is 2.32. The first-order chi connectivity index (χ1) is 11.5. The maximum atomic E-state index is 13.3. The van der Waals surface area contributed by atoms with Crippen molar-refractivity contribution in [2.75, 3.05) is 12.0 Å². The lowest BCUT2D eigenvalue weighted by Crippen LogP contribution is -2.33. The molecule has 1 fully saturated rings. The van der Waals surface area contributed by atoms with Gasteiger partial charge in [0.15, 0.2) is 0 Å². The highest BCUT2D eigenvalue weighted by molar-refractivity contribution is 8.26. The Morgan fingerprint density at radius 1 is 1.25 bits per heavy atom. The van der Waals surface area contributed by atoms with Crippen molar-refractivity contribution in [2.45, 2.75) is 6.92 Å². The van der Waals surface area contributed by atoms with Crippen LogP contribution < -0.4 is 5.32 Å². The molecule has 122 valence electrons. The number of amides is 1. The van der Waals surface area contributed by atoms with Crippen LogP contribution in [0.2, 0.25) is 0 Å². The summed E-state index contributed by atoms with van der Waals surface area (Å²) in [6.07, 6.45) is 1.66. The largest absolute Gasteiger partial charge is 0.367 e. The smallest absolute Gasteiger partial charge is 0.267 e. The summed E-state index contributed by atoms with van der Waals surface area (Å²) in [7, 11) is 0. The van der Waals surface area contributed by atoms with Crippen LogP contribution in [0.25, 0.3) is 6.08 Å². The molecular formula is C18H15FN2OS2. The molecule has 6 heteroatoms. The summed E-state index contributed by atoms with van der Waals surface area (Å²) in [5.41, 5.74) is 2.73. The standard InChI is InChI=1S/C18H15FN2OS2/c1-12-5-7-15(8-6-12)20-11-21-17(22)16(24-18(21)23)10-13-3-2-4-14(19)9-13/h2-10,20H,11H2,1H3/b16-10+. The molecule has 0 bridgehead atoms. The Morgan fingerprint density at radius 3 is 2.71 bits per heavy atom. The lowest BCUT2D eigenvalue weighted by atomic mass is 10.2. The lowest BCUT2D eigenvalue weighted by molar-refractivity contribution is -0.121. The van der Waals surface area contributed by atoms with Gasteiger partial charge in [-0.05, 0) is 42.8 Å². The van der Waals surface area contributed by atoms with Crippen molar-refractivity contribution in [3.8, 4) is 0 Å². The highest BCUT2D eigenvalue weighted by Gasteiger charge is 2.31. The van der Waals surface area contributed by atoms with Gasteiger partial charge in [0.25, 0.3) is 5.91 Å². The minimum absolute atomic E-state index is 0.172. The normalized spacial score (nSPS) is 16.1. The zero-order chi connectivity index (χ0) is 17.1. The second-order valence-electron chi connectivity index (χ2n) is 5.37. The third-order valence-electron chi connectivity index (χ3n) is 3.51. The first-order valence-electron chi connectivity index (χ1n) is 7.34. The first-order valence-corrected chi connectivity index (χ1v) is 8.57. The molecule has 2 aromatic carbocycles. The van der Waals surface area contributed by atoms with Crippen LogP contribution >= 0.6 is 24.0 Å². The predicted octanol–water partition coefficient (Wildman–Crippen LogP) is 4.40. The van der Waals surface area contributed by atoms with E-state index in [0.717, 1.165) is 5.69 Å². The zero-order valence-corrected chi connectivity index (χ0v) is 14.6. The van der Waals surface area contributed by atoms with Gasteiger partial charge in [-0.15, -0.1) is 0 Å². The molecule has 0 saturated carbocycles. The van der Waals surface area contributed by atoms with E-state index in [1.165, 1.54) is 34.4 Å². The Balaban J connectivity index is 1.71. The topological polar surface area (TPSA) is 32.3 Å². The minimum Gasteiger partial charge on any atom is -0.367 e. The van der Waals surface area contributed by atoms with Gasteiger partial charge in [-0.3, -0.25) is 9.69 Å². The molecule has 3 nitrogen and oxygen atoms in total. The molecule has 3 rings (SSSR count). The predicted molar refractivity (Wildman–Crippen MR) is 101 cm³/mol. The molecule has 24 heavy (non-hydrogen) atoms. The van der Waals surface area contributed by atoms with E-state index in [1.807, 2.05) is 31.2 Å². The molecule has 1 aliphatic rings. The van der Waals surface area contributed by atoms with Crippen molar-refractivity contribution in [1.29, 1.82) is 0 Å². The van der Waals surface area contributed by atoms with Crippen LogP contribution in [0.3, 0.4) is 0 Å². The summed E-state index contributed by atoms with van der Waals surface area (Å²) >= 11 is 6.51. The molecule has 0 unspecified atom stereocenters. The van der Waals surface area contributed by atoms with Gasteiger partial charge in [-0.2, -0.15) is 0 Å². The molecule has 0 spiro atoms. The molecule has 1 saturated heterocycles. The van der Waals surface area contributed by atoms with E-state index in [2.05, 4.69) is 5.32 Å². The molecule has 0 radical (unpaired) electrons. The third kappa shape index (κ3) is 3.83. The fraction of sp³-hybridized carbons (Fsp3) is 0.111. The van der Waals surface area contributed by atoms with Crippen molar-refractivity contribution in [1.82, 2.24) is 4.90 Å². The quantitative estimate of drug-likeness (QED) is 0.648. The molecule has 2 aromatic rings. The van der Waals surface area contributed by atoms with Gasteiger partial charge in [0.05, 0.1) is 11.6 Å². The fourth-order valence-corrected chi connectivity index (χ4v) is 3.48. The number of anilines is 1. The monoisotopic (exact) mass is 358 g/mol. The number of nitrogens with one attached hydrogen (secondary N) is 1. The van der Waals surface area contributed by atoms with Crippen LogP contribution in [0.15, 0.2) is 53.4 Å². The van der Waals surface area contributed by atoms with Gasteiger partial charge in [0, 0.05) is 5.69 Å². The highest BCUT2D eigenvalue weighted by Crippen LogP contribution is 2.32. The molecule has 1 heterocycles. The van der Waals surface area contributed by atoms with Crippen molar-refractivity contribution < 1.29 is 9.18 Å². The Labute approximate surface area is 149 Å². The van der Waals surface area contributed by atoms with Crippen LogP contribution in [-0.4, -0.2) is 21.8 Å². The number of halogens is 1. The number of hydrogen-bond donors (Lipinski definition) is 1.